The second-order valence-electron chi connectivity index (χ2n) is 7.07. The van der Waals surface area contributed by atoms with Crippen molar-refractivity contribution in [3.8, 4) is 5.75 Å². The van der Waals surface area contributed by atoms with E-state index in [0.29, 0.717) is 5.69 Å². The maximum atomic E-state index is 12.9. The number of carbonyl (C=O) groups is 4. The van der Waals surface area contributed by atoms with Gasteiger partial charge in [0.2, 0.25) is 11.8 Å². The monoisotopic (exact) mass is 429 g/mol. The Balaban J connectivity index is 1.88. The van der Waals surface area contributed by atoms with E-state index in [1.165, 1.54) is 23.5 Å². The van der Waals surface area contributed by atoms with E-state index < -0.39 is 36.3 Å². The maximum Gasteiger partial charge on any atom is 0.326 e. The summed E-state index contributed by atoms with van der Waals surface area (Å²) in [5.41, 5.74) is 0.763. The lowest BCUT2D eigenvalue weighted by atomic mass is 10.1. The van der Waals surface area contributed by atoms with Gasteiger partial charge in [-0.05, 0) is 12.1 Å². The van der Waals surface area contributed by atoms with Crippen LogP contribution in [0.2, 0.25) is 0 Å². The van der Waals surface area contributed by atoms with Gasteiger partial charge in [0.15, 0.2) is 0 Å². The Morgan fingerprint density at radius 1 is 1.26 bits per heavy atom. The number of hydrogen-bond acceptors (Lipinski definition) is 6. The lowest BCUT2D eigenvalue weighted by Gasteiger charge is -2.26. The molecule has 0 saturated heterocycles. The largest absolute Gasteiger partial charge is 0.491 e. The van der Waals surface area contributed by atoms with Gasteiger partial charge in [0.1, 0.15) is 24.4 Å². The average molecular weight is 429 g/mol. The number of nitrogens with one attached hydrogen (secondary N) is 3. The van der Waals surface area contributed by atoms with E-state index >= 15 is 0 Å². The van der Waals surface area contributed by atoms with Gasteiger partial charge in [-0.1, -0.05) is 12.1 Å². The van der Waals surface area contributed by atoms with Crippen LogP contribution in [0.5, 0.6) is 5.75 Å². The zero-order valence-corrected chi connectivity index (χ0v) is 16.8. The number of aliphatic carboxylic acids is 1. The molecule has 1 aromatic heterocycles. The lowest BCUT2D eigenvalue weighted by Crippen LogP contribution is -2.51. The molecule has 164 valence electrons. The minimum atomic E-state index is -1.48. The Morgan fingerprint density at radius 3 is 2.74 bits per heavy atom. The van der Waals surface area contributed by atoms with Gasteiger partial charge in [-0.15, -0.1) is 0 Å². The number of nitrogens with zero attached hydrogens (tertiary/aromatic N) is 2. The van der Waals surface area contributed by atoms with Crippen molar-refractivity contribution in [2.24, 2.45) is 0 Å². The van der Waals surface area contributed by atoms with Crippen LogP contribution in [0.1, 0.15) is 22.5 Å². The Bertz CT molecular complexity index is 961. The van der Waals surface area contributed by atoms with Crippen molar-refractivity contribution in [3.63, 3.8) is 0 Å². The predicted molar refractivity (Wildman–Crippen MR) is 107 cm³/mol. The van der Waals surface area contributed by atoms with Gasteiger partial charge in [-0.3, -0.25) is 14.4 Å². The number of rotatable bonds is 3. The third-order valence-electron chi connectivity index (χ3n) is 4.80. The second kappa shape index (κ2) is 9.74. The van der Waals surface area contributed by atoms with Crippen molar-refractivity contribution >= 4 is 23.7 Å². The molecule has 3 rings (SSSR count). The summed E-state index contributed by atoms with van der Waals surface area (Å²) in [6, 6.07) is 3.93. The van der Waals surface area contributed by atoms with Crippen molar-refractivity contribution in [2.45, 2.75) is 24.9 Å². The number of carboxylic acids is 1. The van der Waals surface area contributed by atoms with Crippen LogP contribution in [0.4, 0.5) is 0 Å². The molecule has 0 saturated carbocycles. The fourth-order valence-corrected chi connectivity index (χ4v) is 3.14. The van der Waals surface area contributed by atoms with Crippen molar-refractivity contribution in [2.75, 3.05) is 20.2 Å². The first-order chi connectivity index (χ1) is 14.8. The third-order valence-corrected chi connectivity index (χ3v) is 4.80. The van der Waals surface area contributed by atoms with Gasteiger partial charge >= 0.3 is 5.97 Å². The number of hydrogen-bond donors (Lipinski definition) is 4. The molecule has 3 amide bonds. The number of ether oxygens (including phenoxy) is 1. The first-order valence-electron chi connectivity index (χ1n) is 9.62. The molecule has 0 bridgehead atoms. The summed E-state index contributed by atoms with van der Waals surface area (Å²) in [4.78, 5) is 57.9. The van der Waals surface area contributed by atoms with Crippen molar-refractivity contribution in [1.29, 1.82) is 0 Å². The highest BCUT2D eigenvalue weighted by atomic mass is 16.5. The quantitative estimate of drug-likeness (QED) is 0.516. The normalized spacial score (nSPS) is 20.7. The molecule has 0 spiro atoms. The molecular formula is C20H23N5O6. The van der Waals surface area contributed by atoms with E-state index in [4.69, 9.17) is 4.74 Å². The van der Waals surface area contributed by atoms with Crippen molar-refractivity contribution in [3.05, 3.63) is 48.0 Å². The zero-order chi connectivity index (χ0) is 22.4. The number of para-hydroxylation sites is 1. The number of carbonyl (C=O) groups excluding carboxylic acids is 3. The number of aromatic amines is 1. The summed E-state index contributed by atoms with van der Waals surface area (Å²) < 4.78 is 5.67. The highest BCUT2D eigenvalue weighted by Gasteiger charge is 2.30. The number of aromatic nitrogens is 2. The molecule has 2 aromatic rings. The molecule has 1 aliphatic rings. The highest BCUT2D eigenvalue weighted by molar-refractivity contribution is 6.00. The van der Waals surface area contributed by atoms with E-state index in [-0.39, 0.29) is 36.8 Å². The Hall–Kier alpha value is -3.89. The second-order valence-corrected chi connectivity index (χ2v) is 7.07. The Labute approximate surface area is 177 Å². The van der Waals surface area contributed by atoms with Crippen LogP contribution < -0.4 is 15.4 Å². The molecule has 4 N–H and O–H groups in total. The molecule has 0 fully saturated rings. The molecule has 11 nitrogen and oxygen atoms in total. The van der Waals surface area contributed by atoms with E-state index in [1.807, 2.05) is 0 Å². The molecule has 0 aliphatic carbocycles. The highest BCUT2D eigenvalue weighted by Crippen LogP contribution is 2.18. The van der Waals surface area contributed by atoms with E-state index in [1.54, 1.807) is 25.2 Å². The minimum Gasteiger partial charge on any atom is -0.491 e. The van der Waals surface area contributed by atoms with E-state index in [2.05, 4.69) is 20.6 Å². The molecule has 11 heteroatoms. The van der Waals surface area contributed by atoms with Crippen molar-refractivity contribution < 1.29 is 29.0 Å². The van der Waals surface area contributed by atoms with Crippen LogP contribution in [0.3, 0.4) is 0 Å². The molecular weight excluding hydrogens is 406 g/mol. The van der Waals surface area contributed by atoms with Crippen LogP contribution in [0.15, 0.2) is 36.8 Å². The van der Waals surface area contributed by atoms with Gasteiger partial charge in [0, 0.05) is 25.4 Å². The zero-order valence-electron chi connectivity index (χ0n) is 16.8. The fourth-order valence-electron chi connectivity index (χ4n) is 3.14. The Morgan fingerprint density at radius 2 is 2.03 bits per heavy atom. The van der Waals surface area contributed by atoms with Gasteiger partial charge in [-0.2, -0.15) is 0 Å². The molecule has 2 heterocycles. The van der Waals surface area contributed by atoms with E-state index in [9.17, 15) is 24.3 Å². The van der Waals surface area contributed by atoms with Gasteiger partial charge in [0.05, 0.1) is 24.9 Å². The Kier molecular flexibility index (Phi) is 6.85. The topological polar surface area (TPSA) is 154 Å². The van der Waals surface area contributed by atoms with Gasteiger partial charge in [0.25, 0.3) is 5.91 Å². The van der Waals surface area contributed by atoms with Crippen LogP contribution >= 0.6 is 0 Å². The van der Waals surface area contributed by atoms with E-state index in [0.717, 1.165) is 0 Å². The summed E-state index contributed by atoms with van der Waals surface area (Å²) in [6.07, 6.45) is 2.59. The number of likely N-dealkylation sites (N-methyl/N-ethyl adjacent to an activating group) is 1. The number of imidazole rings is 1. The molecule has 0 unspecified atom stereocenters. The summed E-state index contributed by atoms with van der Waals surface area (Å²) in [5.74, 6) is -2.84. The average Bonchev–Trinajstić information content (AvgIpc) is 3.25. The first-order valence-corrected chi connectivity index (χ1v) is 9.62. The molecule has 1 aromatic carbocycles. The minimum absolute atomic E-state index is 0.0968. The number of benzene rings is 1. The van der Waals surface area contributed by atoms with Crippen LogP contribution in [-0.2, 0) is 20.8 Å². The number of fused-ring (bicyclic) bond motifs is 1. The van der Waals surface area contributed by atoms with Gasteiger partial charge < -0.3 is 30.4 Å². The summed E-state index contributed by atoms with van der Waals surface area (Å²) in [6.45, 7) is 0.307. The maximum absolute atomic E-state index is 12.9. The van der Waals surface area contributed by atoms with Crippen molar-refractivity contribution in [1.82, 2.24) is 25.5 Å². The SMILES string of the molecule is CN1CCOc2ccccc2C(=O)N[C@H](C(=O)O)CC(=O)N[C@@H](Cc2cnc[nH]2)C1=O. The molecule has 0 radical (unpaired) electrons. The standard InChI is InChI=1S/C20H23N5O6/c1-25-6-7-31-16-5-3-2-4-13(16)18(27)24-15(20(29)30)9-17(26)23-14(19(25)28)8-12-10-21-11-22-12/h2-5,10-11,14-15H,6-9H2,1H3,(H,21,22)(H,23,26)(H,24,27)(H,29,30)/t14-,15-/m0/s1. The molecule has 2 atom stereocenters. The molecule has 1 aliphatic heterocycles. The number of amides is 3. The summed E-state index contributed by atoms with van der Waals surface area (Å²) in [7, 11) is 1.57. The summed E-state index contributed by atoms with van der Waals surface area (Å²) >= 11 is 0. The van der Waals surface area contributed by atoms with Crippen LogP contribution in [0.25, 0.3) is 0 Å². The lowest BCUT2D eigenvalue weighted by molar-refractivity contribution is -0.141. The van der Waals surface area contributed by atoms with Crippen LogP contribution in [-0.4, -0.2) is 75.9 Å². The molecule has 31 heavy (non-hydrogen) atoms. The predicted octanol–water partition coefficient (Wildman–Crippen LogP) is -0.439. The fraction of sp³-hybridized carbons (Fsp3) is 0.350. The third kappa shape index (κ3) is 5.59. The van der Waals surface area contributed by atoms with Gasteiger partial charge in [-0.25, -0.2) is 9.78 Å². The number of H-pyrrole nitrogens is 1. The van der Waals surface area contributed by atoms with Crippen LogP contribution in [0, 0.1) is 0 Å². The first kappa shape index (κ1) is 21.8. The smallest absolute Gasteiger partial charge is 0.326 e. The number of carboxylic acid groups (broad SMARTS) is 1. The summed E-state index contributed by atoms with van der Waals surface area (Å²) in [5, 5.41) is 14.4.